The molecule has 0 amide bonds. The molecule has 0 aromatic carbocycles. The molecule has 0 bridgehead atoms. The fourth-order valence-corrected chi connectivity index (χ4v) is 2.79. The summed E-state index contributed by atoms with van der Waals surface area (Å²) in [6.07, 6.45) is 12.6. The Morgan fingerprint density at radius 1 is 0.800 bits per heavy atom. The third-order valence-corrected chi connectivity index (χ3v) is 4.11. The van der Waals surface area contributed by atoms with Gasteiger partial charge in [0.05, 0.1) is 0 Å². The first kappa shape index (κ1) is 19.9. The molecule has 0 spiro atoms. The molecular formula is C16H28Cl2O2. The van der Waals surface area contributed by atoms with Crippen molar-refractivity contribution >= 4 is 33.7 Å². The summed E-state index contributed by atoms with van der Waals surface area (Å²) in [5.74, 6) is 0.466. The zero-order chi connectivity index (χ0) is 15.2. The molecule has 0 aliphatic heterocycles. The van der Waals surface area contributed by atoms with E-state index in [1.807, 2.05) is 0 Å². The zero-order valence-electron chi connectivity index (χ0n) is 12.6. The minimum Gasteiger partial charge on any atom is -0.281 e. The largest absolute Gasteiger partial charge is 0.281 e. The Kier molecular flexibility index (Phi) is 13.8. The van der Waals surface area contributed by atoms with Gasteiger partial charge in [0, 0.05) is 12.8 Å². The zero-order valence-corrected chi connectivity index (χ0v) is 14.1. The molecule has 0 rings (SSSR count). The third kappa shape index (κ3) is 14.3. The van der Waals surface area contributed by atoms with Crippen LogP contribution in [-0.4, -0.2) is 10.5 Å². The average Bonchev–Trinajstić information content (AvgIpc) is 2.38. The second-order valence-electron chi connectivity index (χ2n) is 5.56. The molecule has 2 nitrogen and oxygen atoms in total. The molecule has 1 unspecified atom stereocenters. The SMILES string of the molecule is CCC(CCCCCCCCCCC(=O)Cl)CC(=O)Cl. The number of rotatable bonds is 14. The third-order valence-electron chi connectivity index (χ3n) is 3.76. The second kappa shape index (κ2) is 13.9. The summed E-state index contributed by atoms with van der Waals surface area (Å²) in [5.41, 5.74) is 0. The minimum atomic E-state index is -0.217. The minimum absolute atomic E-state index is 0.202. The van der Waals surface area contributed by atoms with Crippen LogP contribution in [0.3, 0.4) is 0 Å². The molecular weight excluding hydrogens is 295 g/mol. The Labute approximate surface area is 133 Å². The summed E-state index contributed by atoms with van der Waals surface area (Å²) < 4.78 is 0. The van der Waals surface area contributed by atoms with Gasteiger partial charge >= 0.3 is 0 Å². The van der Waals surface area contributed by atoms with Crippen LogP contribution >= 0.6 is 23.2 Å². The lowest BCUT2D eigenvalue weighted by molar-refractivity contribution is -0.113. The van der Waals surface area contributed by atoms with Gasteiger partial charge in [-0.15, -0.1) is 0 Å². The molecule has 20 heavy (non-hydrogen) atoms. The smallest absolute Gasteiger partial charge is 0.221 e. The van der Waals surface area contributed by atoms with E-state index in [1.54, 1.807) is 0 Å². The molecule has 118 valence electrons. The maximum atomic E-state index is 10.9. The molecule has 1 atom stereocenters. The van der Waals surface area contributed by atoms with Crippen molar-refractivity contribution in [2.45, 2.75) is 84.0 Å². The van der Waals surface area contributed by atoms with Gasteiger partial charge < -0.3 is 0 Å². The Morgan fingerprint density at radius 2 is 1.30 bits per heavy atom. The van der Waals surface area contributed by atoms with Crippen LogP contribution in [0.4, 0.5) is 0 Å². The van der Waals surface area contributed by atoms with Gasteiger partial charge in [0.25, 0.3) is 0 Å². The Morgan fingerprint density at radius 3 is 1.75 bits per heavy atom. The molecule has 0 fully saturated rings. The standard InChI is InChI=1S/C16H28Cl2O2/c1-2-14(13-16(18)20)11-9-7-5-3-4-6-8-10-12-15(17)19/h14H,2-13H2,1H3. The van der Waals surface area contributed by atoms with Gasteiger partial charge in [-0.2, -0.15) is 0 Å². The van der Waals surface area contributed by atoms with Crippen molar-refractivity contribution in [3.8, 4) is 0 Å². The van der Waals surface area contributed by atoms with E-state index < -0.39 is 0 Å². The fraction of sp³-hybridized carbons (Fsp3) is 0.875. The maximum absolute atomic E-state index is 10.9. The Bertz CT molecular complexity index is 267. The summed E-state index contributed by atoms with van der Waals surface area (Å²) >= 11 is 10.7. The van der Waals surface area contributed by atoms with Gasteiger partial charge in [0.15, 0.2) is 0 Å². The van der Waals surface area contributed by atoms with E-state index in [0.29, 0.717) is 18.8 Å². The van der Waals surface area contributed by atoms with Crippen molar-refractivity contribution in [3.05, 3.63) is 0 Å². The van der Waals surface area contributed by atoms with Crippen LogP contribution in [0.5, 0.6) is 0 Å². The van der Waals surface area contributed by atoms with Crippen LogP contribution < -0.4 is 0 Å². The van der Waals surface area contributed by atoms with E-state index in [9.17, 15) is 9.59 Å². The summed E-state index contributed by atoms with van der Waals surface area (Å²) in [4.78, 5) is 21.4. The molecule has 0 aromatic heterocycles. The van der Waals surface area contributed by atoms with Gasteiger partial charge in [0.1, 0.15) is 0 Å². The van der Waals surface area contributed by atoms with Gasteiger partial charge in [-0.25, -0.2) is 0 Å². The highest BCUT2D eigenvalue weighted by Gasteiger charge is 2.09. The fourth-order valence-electron chi connectivity index (χ4n) is 2.44. The second-order valence-corrected chi connectivity index (χ2v) is 6.40. The Balaban J connectivity index is 3.27. The summed E-state index contributed by atoms with van der Waals surface area (Å²) in [6.45, 7) is 2.12. The Hall–Kier alpha value is -0.0800. The first-order valence-corrected chi connectivity index (χ1v) is 8.68. The quantitative estimate of drug-likeness (QED) is 0.297. The maximum Gasteiger partial charge on any atom is 0.221 e. The predicted molar refractivity (Wildman–Crippen MR) is 86.3 cm³/mol. The van der Waals surface area contributed by atoms with Gasteiger partial charge in [-0.05, 0) is 42.0 Å². The first-order valence-electron chi connectivity index (χ1n) is 7.93. The van der Waals surface area contributed by atoms with Gasteiger partial charge in [0.2, 0.25) is 10.5 Å². The van der Waals surface area contributed by atoms with E-state index in [0.717, 1.165) is 25.7 Å². The molecule has 4 heteroatoms. The van der Waals surface area contributed by atoms with Crippen molar-refractivity contribution in [2.75, 3.05) is 0 Å². The first-order chi connectivity index (χ1) is 9.56. The van der Waals surface area contributed by atoms with Crippen molar-refractivity contribution in [1.82, 2.24) is 0 Å². The normalized spacial score (nSPS) is 12.3. The molecule has 0 saturated carbocycles. The van der Waals surface area contributed by atoms with E-state index in [-0.39, 0.29) is 10.5 Å². The lowest BCUT2D eigenvalue weighted by Gasteiger charge is -2.11. The van der Waals surface area contributed by atoms with Crippen LogP contribution in [0.25, 0.3) is 0 Å². The number of unbranched alkanes of at least 4 members (excludes halogenated alkanes) is 7. The molecule has 0 aliphatic carbocycles. The molecule has 0 aliphatic rings. The highest BCUT2D eigenvalue weighted by molar-refractivity contribution is 6.63. The average molecular weight is 323 g/mol. The lowest BCUT2D eigenvalue weighted by atomic mass is 9.95. The van der Waals surface area contributed by atoms with Crippen LogP contribution in [0, 0.1) is 5.92 Å². The summed E-state index contributed by atoms with van der Waals surface area (Å²) in [7, 11) is 0. The van der Waals surface area contributed by atoms with Crippen molar-refractivity contribution in [3.63, 3.8) is 0 Å². The number of halogens is 2. The van der Waals surface area contributed by atoms with Gasteiger partial charge in [-0.1, -0.05) is 58.3 Å². The van der Waals surface area contributed by atoms with E-state index >= 15 is 0 Å². The molecule has 0 heterocycles. The predicted octanol–water partition coefficient (Wildman–Crippen LogP) is 5.83. The molecule has 0 N–H and O–H groups in total. The van der Waals surface area contributed by atoms with Crippen LogP contribution in [0.15, 0.2) is 0 Å². The van der Waals surface area contributed by atoms with Crippen molar-refractivity contribution < 1.29 is 9.59 Å². The molecule has 0 aromatic rings. The van der Waals surface area contributed by atoms with Crippen LogP contribution in [0.2, 0.25) is 0 Å². The summed E-state index contributed by atoms with van der Waals surface area (Å²) in [6, 6.07) is 0. The molecule has 0 saturated heterocycles. The van der Waals surface area contributed by atoms with E-state index in [2.05, 4.69) is 6.92 Å². The van der Waals surface area contributed by atoms with Crippen molar-refractivity contribution in [2.24, 2.45) is 5.92 Å². The lowest BCUT2D eigenvalue weighted by Crippen LogP contribution is -2.03. The highest BCUT2D eigenvalue weighted by Crippen LogP contribution is 2.19. The number of hydrogen-bond donors (Lipinski definition) is 0. The monoisotopic (exact) mass is 322 g/mol. The van der Waals surface area contributed by atoms with E-state index in [1.165, 1.54) is 38.5 Å². The molecule has 0 radical (unpaired) electrons. The number of carbonyl (C=O) groups is 2. The van der Waals surface area contributed by atoms with Crippen LogP contribution in [-0.2, 0) is 9.59 Å². The van der Waals surface area contributed by atoms with E-state index in [4.69, 9.17) is 23.2 Å². The van der Waals surface area contributed by atoms with Crippen LogP contribution in [0.1, 0.15) is 84.0 Å². The number of carbonyl (C=O) groups excluding carboxylic acids is 2. The summed E-state index contributed by atoms with van der Waals surface area (Å²) in [5, 5.41) is -0.418. The number of hydrogen-bond acceptors (Lipinski definition) is 2. The van der Waals surface area contributed by atoms with Gasteiger partial charge in [-0.3, -0.25) is 9.59 Å². The highest BCUT2D eigenvalue weighted by atomic mass is 35.5. The topological polar surface area (TPSA) is 34.1 Å². The van der Waals surface area contributed by atoms with Crippen molar-refractivity contribution in [1.29, 1.82) is 0 Å².